The molecule has 0 aliphatic carbocycles. The molecule has 3 aromatic carbocycles. The average molecular weight is 469 g/mol. The quantitative estimate of drug-likeness (QED) is 0.582. The highest BCUT2D eigenvalue weighted by atomic mass is 32.2. The molecule has 0 unspecified atom stereocenters. The van der Waals surface area contributed by atoms with Gasteiger partial charge in [-0.25, -0.2) is 18.0 Å². The number of nitrogens with zero attached hydrogens (tertiary/aromatic N) is 2. The monoisotopic (exact) mass is 469 g/mol. The maximum absolute atomic E-state index is 14.3. The van der Waals surface area contributed by atoms with Gasteiger partial charge in [0.05, 0.1) is 12.2 Å². The normalized spacial score (nSPS) is 19.3. The van der Waals surface area contributed by atoms with Crippen LogP contribution in [0.2, 0.25) is 0 Å². The van der Waals surface area contributed by atoms with E-state index in [0.717, 1.165) is 0 Å². The Morgan fingerprint density at radius 2 is 1.58 bits per heavy atom. The summed E-state index contributed by atoms with van der Waals surface area (Å²) in [5.74, 6) is -1.24. The second kappa shape index (κ2) is 8.15. The van der Waals surface area contributed by atoms with Crippen LogP contribution in [0.25, 0.3) is 0 Å². The van der Waals surface area contributed by atoms with Gasteiger partial charge < -0.3 is 10.2 Å². The van der Waals surface area contributed by atoms with Crippen molar-refractivity contribution in [2.45, 2.75) is 11.4 Å². The third-order valence-corrected chi connectivity index (χ3v) is 7.17. The summed E-state index contributed by atoms with van der Waals surface area (Å²) in [6.45, 7) is 0.414. The summed E-state index contributed by atoms with van der Waals surface area (Å²) in [5, 5.41) is 2.70. The summed E-state index contributed by atoms with van der Waals surface area (Å²) in [6, 6.07) is 14.6. The van der Waals surface area contributed by atoms with Crippen LogP contribution >= 0.6 is 11.8 Å². The van der Waals surface area contributed by atoms with E-state index in [4.69, 9.17) is 0 Å². The molecule has 1 N–H and O–H groups in total. The maximum Gasteiger partial charge on any atom is 0.323 e. The van der Waals surface area contributed by atoms with Gasteiger partial charge in [-0.1, -0.05) is 12.1 Å². The topological polar surface area (TPSA) is 52.7 Å². The molecule has 0 radical (unpaired) electrons. The Balaban J connectivity index is 1.52. The van der Waals surface area contributed by atoms with Crippen molar-refractivity contribution in [3.8, 4) is 0 Å². The number of carbonyl (C=O) groups excluding carboxylic acids is 2. The van der Waals surface area contributed by atoms with E-state index in [1.54, 1.807) is 12.1 Å². The van der Waals surface area contributed by atoms with Gasteiger partial charge in [0.2, 0.25) is 0 Å². The molecule has 0 saturated carbocycles. The number of carbonyl (C=O) groups is 2. The Labute approximate surface area is 192 Å². The van der Waals surface area contributed by atoms with Gasteiger partial charge in [0.1, 0.15) is 17.5 Å². The molecular weight excluding hydrogens is 451 g/mol. The first-order chi connectivity index (χ1) is 15.9. The van der Waals surface area contributed by atoms with Crippen molar-refractivity contribution in [2.75, 3.05) is 22.5 Å². The predicted octanol–water partition coefficient (Wildman–Crippen LogP) is 5.08. The Morgan fingerprint density at radius 1 is 0.939 bits per heavy atom. The average Bonchev–Trinajstić information content (AvgIpc) is 3.34. The van der Waals surface area contributed by atoms with E-state index in [1.807, 2.05) is 0 Å². The number of hydrogen-bond acceptors (Lipinski definition) is 3. The van der Waals surface area contributed by atoms with Gasteiger partial charge in [-0.15, -0.1) is 11.8 Å². The van der Waals surface area contributed by atoms with Crippen molar-refractivity contribution >= 4 is 35.1 Å². The second-order valence-corrected chi connectivity index (χ2v) is 9.05. The van der Waals surface area contributed by atoms with Crippen LogP contribution in [-0.2, 0) is 16.2 Å². The molecule has 9 heteroatoms. The molecule has 168 valence electrons. The first-order valence-electron chi connectivity index (χ1n) is 10.2. The van der Waals surface area contributed by atoms with Crippen LogP contribution < -0.4 is 10.2 Å². The summed E-state index contributed by atoms with van der Waals surface area (Å²) in [4.78, 5) is 28.5. The zero-order valence-corrected chi connectivity index (χ0v) is 18.0. The lowest BCUT2D eigenvalue weighted by Crippen LogP contribution is -2.51. The fourth-order valence-corrected chi connectivity index (χ4v) is 5.69. The second-order valence-electron chi connectivity index (χ2n) is 7.76. The standard InChI is InChI=1S/C24H18F3N3O2S/c25-16-3-1-15(2-4-16)14-29-21-10-7-18(27)13-20(21)24(22(29)31)30(11-12-33-24)23(32)28-19-8-5-17(26)6-9-19/h1-10,13H,11-12,14H2,(H,28,32)/t24-/m1/s1. The predicted molar refractivity (Wildman–Crippen MR) is 120 cm³/mol. The molecule has 0 bridgehead atoms. The minimum absolute atomic E-state index is 0.146. The smallest absolute Gasteiger partial charge is 0.308 e. The van der Waals surface area contributed by atoms with Crippen LogP contribution in [0, 0.1) is 17.5 Å². The van der Waals surface area contributed by atoms with Gasteiger partial charge in [0, 0.05) is 23.5 Å². The summed E-state index contributed by atoms with van der Waals surface area (Å²) < 4.78 is 40.9. The van der Waals surface area contributed by atoms with Crippen LogP contribution in [0.4, 0.5) is 29.3 Å². The number of halogens is 3. The Bertz CT molecular complexity index is 1240. The maximum atomic E-state index is 14.3. The Hall–Kier alpha value is -3.46. The van der Waals surface area contributed by atoms with Gasteiger partial charge in [-0.05, 0) is 60.2 Å². The first-order valence-corrected chi connectivity index (χ1v) is 11.2. The number of nitrogens with one attached hydrogen (secondary N) is 1. The molecule has 1 saturated heterocycles. The van der Waals surface area contributed by atoms with E-state index in [2.05, 4.69) is 5.32 Å². The molecule has 3 aromatic rings. The molecule has 5 rings (SSSR count). The van der Waals surface area contributed by atoms with Crippen molar-refractivity contribution < 1.29 is 22.8 Å². The lowest BCUT2D eigenvalue weighted by atomic mass is 10.1. The van der Waals surface area contributed by atoms with E-state index in [0.29, 0.717) is 28.3 Å². The molecule has 2 heterocycles. The van der Waals surface area contributed by atoms with Gasteiger partial charge in [-0.3, -0.25) is 9.69 Å². The van der Waals surface area contributed by atoms with Crippen molar-refractivity contribution in [2.24, 2.45) is 0 Å². The van der Waals surface area contributed by atoms with Crippen LogP contribution in [0.3, 0.4) is 0 Å². The largest absolute Gasteiger partial charge is 0.323 e. The van der Waals surface area contributed by atoms with Gasteiger partial charge in [0.15, 0.2) is 4.87 Å². The number of rotatable bonds is 3. The molecule has 2 aliphatic heterocycles. The van der Waals surface area contributed by atoms with Crippen LogP contribution in [0.15, 0.2) is 66.7 Å². The Morgan fingerprint density at radius 3 is 2.27 bits per heavy atom. The van der Waals surface area contributed by atoms with Crippen LogP contribution in [0.5, 0.6) is 0 Å². The van der Waals surface area contributed by atoms with E-state index >= 15 is 0 Å². The zero-order chi connectivity index (χ0) is 23.2. The fourth-order valence-electron chi connectivity index (χ4n) is 4.24. The molecule has 5 nitrogen and oxygen atoms in total. The summed E-state index contributed by atoms with van der Waals surface area (Å²) in [5.41, 5.74) is 1.97. The lowest BCUT2D eigenvalue weighted by Gasteiger charge is -2.33. The minimum Gasteiger partial charge on any atom is -0.308 e. The van der Waals surface area contributed by atoms with Crippen molar-refractivity contribution in [1.82, 2.24) is 4.90 Å². The SMILES string of the molecule is O=C(Nc1ccc(F)cc1)N1CCS[C@]12C(=O)N(Cc1ccc(F)cc1)c1ccc(F)cc12. The van der Waals surface area contributed by atoms with Crippen LogP contribution in [-0.4, -0.2) is 29.1 Å². The molecule has 1 fully saturated rings. The lowest BCUT2D eigenvalue weighted by molar-refractivity contribution is -0.123. The molecule has 33 heavy (non-hydrogen) atoms. The first kappa shape index (κ1) is 21.4. The zero-order valence-electron chi connectivity index (χ0n) is 17.2. The van der Waals surface area contributed by atoms with Gasteiger partial charge in [-0.2, -0.15) is 0 Å². The summed E-state index contributed by atoms with van der Waals surface area (Å²) >= 11 is 1.27. The Kier molecular flexibility index (Phi) is 5.28. The number of amides is 3. The third-order valence-electron chi connectivity index (χ3n) is 5.75. The molecule has 2 aliphatic rings. The highest BCUT2D eigenvalue weighted by Gasteiger charge is 2.59. The van der Waals surface area contributed by atoms with Crippen molar-refractivity contribution in [3.63, 3.8) is 0 Å². The highest BCUT2D eigenvalue weighted by Crippen LogP contribution is 2.54. The van der Waals surface area contributed by atoms with E-state index < -0.39 is 22.5 Å². The summed E-state index contributed by atoms with van der Waals surface area (Å²) in [7, 11) is 0. The number of urea groups is 1. The molecule has 3 amide bonds. The molecular formula is C24H18F3N3O2S. The van der Waals surface area contributed by atoms with Gasteiger partial charge in [0.25, 0.3) is 5.91 Å². The van der Waals surface area contributed by atoms with E-state index in [-0.39, 0.29) is 24.8 Å². The summed E-state index contributed by atoms with van der Waals surface area (Å²) in [6.07, 6.45) is 0. The van der Waals surface area contributed by atoms with E-state index in [9.17, 15) is 22.8 Å². The number of anilines is 2. The van der Waals surface area contributed by atoms with Crippen LogP contribution in [0.1, 0.15) is 11.1 Å². The molecule has 0 aromatic heterocycles. The highest BCUT2D eigenvalue weighted by molar-refractivity contribution is 8.01. The fraction of sp³-hybridized carbons (Fsp3) is 0.167. The number of fused-ring (bicyclic) bond motifs is 2. The third kappa shape index (κ3) is 3.62. The molecule has 1 atom stereocenters. The van der Waals surface area contributed by atoms with Crippen molar-refractivity contribution in [3.05, 3.63) is 95.3 Å². The number of benzene rings is 3. The van der Waals surface area contributed by atoms with E-state index in [1.165, 1.54) is 76.2 Å². The van der Waals surface area contributed by atoms with Crippen molar-refractivity contribution in [1.29, 1.82) is 0 Å². The van der Waals surface area contributed by atoms with Gasteiger partial charge >= 0.3 is 6.03 Å². The number of thioether (sulfide) groups is 1. The number of hydrogen-bond donors (Lipinski definition) is 1. The minimum atomic E-state index is -1.43. The molecule has 1 spiro atoms.